The molecule has 1 aromatic carbocycles. The van der Waals surface area contributed by atoms with Crippen LogP contribution in [0.3, 0.4) is 0 Å². The van der Waals surface area contributed by atoms with Gasteiger partial charge in [-0.05, 0) is 38.1 Å². The topological polar surface area (TPSA) is 121 Å². The summed E-state index contributed by atoms with van der Waals surface area (Å²) in [5, 5.41) is 9.80. The zero-order valence-electron chi connectivity index (χ0n) is 17.6. The standard InChI is InChI=1S/C20H20N6O5/c1-10-8-11(2)25-20(21-10)22-17(23-25)18-24-26(12(3)27)19(31-18)15-9-14(29-5)6-7-16(15)30-13(4)28/h6-9,19H,1-5H3/t19-/m0/s1. The molecule has 4 rings (SSSR count). The van der Waals surface area contributed by atoms with Crippen LogP contribution < -0.4 is 9.47 Å². The average molecular weight is 424 g/mol. The van der Waals surface area contributed by atoms with E-state index in [1.807, 2.05) is 19.9 Å². The first-order valence-corrected chi connectivity index (χ1v) is 9.39. The first-order valence-electron chi connectivity index (χ1n) is 9.39. The summed E-state index contributed by atoms with van der Waals surface area (Å²) in [4.78, 5) is 32.6. The Hall–Kier alpha value is -4.02. The van der Waals surface area contributed by atoms with Crippen molar-refractivity contribution in [1.82, 2.24) is 24.6 Å². The minimum Gasteiger partial charge on any atom is -0.497 e. The van der Waals surface area contributed by atoms with E-state index in [2.05, 4.69) is 20.2 Å². The van der Waals surface area contributed by atoms with Crippen molar-refractivity contribution in [3.63, 3.8) is 0 Å². The number of benzene rings is 1. The Balaban J connectivity index is 1.77. The van der Waals surface area contributed by atoms with Crippen LogP contribution in [0.5, 0.6) is 11.5 Å². The highest BCUT2D eigenvalue weighted by atomic mass is 16.6. The highest BCUT2D eigenvalue weighted by Gasteiger charge is 2.37. The molecule has 0 spiro atoms. The van der Waals surface area contributed by atoms with Crippen LogP contribution in [-0.2, 0) is 14.3 Å². The van der Waals surface area contributed by atoms with Crippen LogP contribution in [0.25, 0.3) is 5.78 Å². The molecule has 1 atom stereocenters. The second-order valence-corrected chi connectivity index (χ2v) is 6.92. The summed E-state index contributed by atoms with van der Waals surface area (Å²) in [6.07, 6.45) is -1.00. The Bertz CT molecular complexity index is 1230. The number of hydrogen-bond donors (Lipinski definition) is 0. The van der Waals surface area contributed by atoms with E-state index >= 15 is 0 Å². The van der Waals surface area contributed by atoms with Crippen molar-refractivity contribution in [2.24, 2.45) is 5.10 Å². The smallest absolute Gasteiger partial charge is 0.308 e. The molecule has 31 heavy (non-hydrogen) atoms. The molecule has 11 heteroatoms. The van der Waals surface area contributed by atoms with Gasteiger partial charge < -0.3 is 14.2 Å². The number of aryl methyl sites for hydroxylation is 2. The van der Waals surface area contributed by atoms with Crippen molar-refractivity contribution in [1.29, 1.82) is 0 Å². The van der Waals surface area contributed by atoms with Crippen LogP contribution >= 0.6 is 0 Å². The summed E-state index contributed by atoms with van der Waals surface area (Å²) in [5.41, 5.74) is 2.02. The molecule has 0 fully saturated rings. The van der Waals surface area contributed by atoms with Crippen LogP contribution in [0.2, 0.25) is 0 Å². The lowest BCUT2D eigenvalue weighted by atomic mass is 10.1. The molecule has 0 unspecified atom stereocenters. The van der Waals surface area contributed by atoms with Crippen LogP contribution in [0.15, 0.2) is 29.4 Å². The molecule has 160 valence electrons. The summed E-state index contributed by atoms with van der Waals surface area (Å²) < 4.78 is 18.1. The number of rotatable bonds is 4. The Morgan fingerprint density at radius 1 is 1.13 bits per heavy atom. The summed E-state index contributed by atoms with van der Waals surface area (Å²) >= 11 is 0. The molecule has 0 saturated carbocycles. The van der Waals surface area contributed by atoms with E-state index in [-0.39, 0.29) is 23.4 Å². The molecule has 0 bridgehead atoms. The number of carbonyl (C=O) groups is 2. The number of ether oxygens (including phenoxy) is 3. The van der Waals surface area contributed by atoms with E-state index in [9.17, 15) is 9.59 Å². The maximum Gasteiger partial charge on any atom is 0.308 e. The summed E-state index contributed by atoms with van der Waals surface area (Å²) in [6.45, 7) is 6.37. The van der Waals surface area contributed by atoms with Crippen molar-refractivity contribution in [2.45, 2.75) is 33.9 Å². The molecule has 0 saturated heterocycles. The SMILES string of the molecule is COc1ccc(OC(C)=O)c([C@@H]2OC(c3nc4nc(C)cc(C)n4n3)=NN2C(C)=O)c1. The molecule has 3 heterocycles. The van der Waals surface area contributed by atoms with E-state index in [0.29, 0.717) is 17.1 Å². The third-order valence-corrected chi connectivity index (χ3v) is 4.51. The average Bonchev–Trinajstić information content (AvgIpc) is 3.32. The molecule has 1 amide bonds. The van der Waals surface area contributed by atoms with Gasteiger partial charge in [0.2, 0.25) is 18.0 Å². The lowest BCUT2D eigenvalue weighted by Gasteiger charge is -2.21. The fraction of sp³-hybridized carbons (Fsp3) is 0.300. The van der Waals surface area contributed by atoms with Gasteiger partial charge in [-0.3, -0.25) is 9.59 Å². The molecule has 0 N–H and O–H groups in total. The zero-order valence-corrected chi connectivity index (χ0v) is 17.6. The second kappa shape index (κ2) is 7.67. The van der Waals surface area contributed by atoms with E-state index in [0.717, 1.165) is 16.4 Å². The summed E-state index contributed by atoms with van der Waals surface area (Å²) in [6, 6.07) is 6.68. The monoisotopic (exact) mass is 424 g/mol. The quantitative estimate of drug-likeness (QED) is 0.460. The number of hydrazone groups is 1. The third kappa shape index (κ3) is 3.77. The minimum atomic E-state index is -1.00. The van der Waals surface area contributed by atoms with Crippen LogP contribution in [0.1, 0.15) is 42.9 Å². The normalized spacial score (nSPS) is 15.6. The molecule has 0 radical (unpaired) electrons. The highest BCUT2D eigenvalue weighted by molar-refractivity contribution is 5.93. The second-order valence-electron chi connectivity index (χ2n) is 6.92. The maximum absolute atomic E-state index is 12.3. The van der Waals surface area contributed by atoms with E-state index in [1.165, 1.54) is 21.0 Å². The summed E-state index contributed by atoms with van der Waals surface area (Å²) in [7, 11) is 1.50. The van der Waals surface area contributed by atoms with E-state index < -0.39 is 12.2 Å². The molecule has 1 aliphatic rings. The molecule has 11 nitrogen and oxygen atoms in total. The molecular formula is C20H20N6O5. The van der Waals surface area contributed by atoms with Gasteiger partial charge in [-0.1, -0.05) is 0 Å². The van der Waals surface area contributed by atoms with Crippen molar-refractivity contribution >= 4 is 23.6 Å². The van der Waals surface area contributed by atoms with Crippen molar-refractivity contribution in [2.75, 3.05) is 7.11 Å². The number of nitrogens with zero attached hydrogens (tertiary/aromatic N) is 6. The number of fused-ring (bicyclic) bond motifs is 1. The molecular weight excluding hydrogens is 404 g/mol. The van der Waals surface area contributed by atoms with E-state index in [4.69, 9.17) is 14.2 Å². The Kier molecular flexibility index (Phi) is 5.01. The van der Waals surface area contributed by atoms with Crippen molar-refractivity contribution < 1.29 is 23.8 Å². The summed E-state index contributed by atoms with van der Waals surface area (Å²) in [5.74, 6) is 0.416. The number of carbonyl (C=O) groups excluding carboxylic acids is 2. The molecule has 1 aliphatic heterocycles. The lowest BCUT2D eigenvalue weighted by Crippen LogP contribution is -2.26. The third-order valence-electron chi connectivity index (χ3n) is 4.51. The Labute approximate surface area is 177 Å². The van der Waals surface area contributed by atoms with Crippen LogP contribution in [0.4, 0.5) is 0 Å². The number of hydrogen-bond acceptors (Lipinski definition) is 9. The Morgan fingerprint density at radius 3 is 2.58 bits per heavy atom. The number of esters is 1. The number of amides is 1. The van der Waals surface area contributed by atoms with Gasteiger partial charge in [-0.25, -0.2) is 9.50 Å². The first kappa shape index (κ1) is 20.3. The highest BCUT2D eigenvalue weighted by Crippen LogP contribution is 2.37. The van der Waals surface area contributed by atoms with E-state index in [1.54, 1.807) is 22.7 Å². The maximum atomic E-state index is 12.3. The molecule has 3 aromatic rings. The predicted octanol–water partition coefficient (Wildman–Crippen LogP) is 1.91. The van der Waals surface area contributed by atoms with Gasteiger partial charge in [0.25, 0.3) is 11.7 Å². The number of methoxy groups -OCH3 is 1. The zero-order chi connectivity index (χ0) is 22.3. The molecule has 0 aliphatic carbocycles. The fourth-order valence-corrected chi connectivity index (χ4v) is 3.21. The van der Waals surface area contributed by atoms with Crippen LogP contribution in [0, 0.1) is 13.8 Å². The van der Waals surface area contributed by atoms with Crippen LogP contribution in [-0.4, -0.2) is 49.5 Å². The van der Waals surface area contributed by atoms with Gasteiger partial charge in [0.15, 0.2) is 0 Å². The van der Waals surface area contributed by atoms with Gasteiger partial charge >= 0.3 is 5.97 Å². The minimum absolute atomic E-state index is 0.0411. The number of aromatic nitrogens is 4. The first-order chi connectivity index (χ1) is 14.8. The van der Waals surface area contributed by atoms with Crippen molar-refractivity contribution in [3.05, 3.63) is 47.0 Å². The van der Waals surface area contributed by atoms with Gasteiger partial charge in [0, 0.05) is 25.2 Å². The fourth-order valence-electron chi connectivity index (χ4n) is 3.21. The largest absolute Gasteiger partial charge is 0.497 e. The molecule has 2 aromatic heterocycles. The van der Waals surface area contributed by atoms with Crippen molar-refractivity contribution in [3.8, 4) is 11.5 Å². The van der Waals surface area contributed by atoms with Gasteiger partial charge in [0.1, 0.15) is 11.5 Å². The van der Waals surface area contributed by atoms with Gasteiger partial charge in [0.05, 0.1) is 12.7 Å². The van der Waals surface area contributed by atoms with Gasteiger partial charge in [-0.15, -0.1) is 10.2 Å². The lowest BCUT2D eigenvalue weighted by molar-refractivity contribution is -0.135. The Morgan fingerprint density at radius 2 is 1.90 bits per heavy atom. The van der Waals surface area contributed by atoms with Gasteiger partial charge in [-0.2, -0.15) is 9.99 Å². The predicted molar refractivity (Wildman–Crippen MR) is 107 cm³/mol.